The van der Waals surface area contributed by atoms with E-state index in [0.29, 0.717) is 24.9 Å². The highest BCUT2D eigenvalue weighted by Crippen LogP contribution is 2.78. The number of nitrogens with one attached hydrogen (secondary N) is 1. The molecule has 3 fully saturated rings. The van der Waals surface area contributed by atoms with Crippen molar-refractivity contribution in [1.29, 1.82) is 0 Å². The molecule has 6 aliphatic rings. The minimum Gasteiger partial charge on any atom is -0.393 e. The first-order valence-electron chi connectivity index (χ1n) is 17.4. The number of nitrogens with zero attached hydrogens (tertiary/aromatic N) is 1. The van der Waals surface area contributed by atoms with Crippen LogP contribution in [0.3, 0.4) is 0 Å². The van der Waals surface area contributed by atoms with Gasteiger partial charge in [-0.2, -0.15) is 0 Å². The molecular weight excluding hydrogens is 593 g/mol. The summed E-state index contributed by atoms with van der Waals surface area (Å²) in [6.07, 6.45) is 12.8. The SMILES string of the molecule is CC(C)NC(=O)N(CCc1cccs1)CC1(O)CCC2C34C=CC5(C=C3C(=O)c3ccccc3)CC(O)CCC5(C)C4CCC21C. The van der Waals surface area contributed by atoms with Crippen LogP contribution in [0.4, 0.5) is 4.79 Å². The normalized spacial score (nSPS) is 38.9. The van der Waals surface area contributed by atoms with Crippen LogP contribution in [-0.2, 0) is 6.42 Å². The molecule has 1 heterocycles. The fourth-order valence-corrected chi connectivity index (χ4v) is 11.6. The van der Waals surface area contributed by atoms with Crippen molar-refractivity contribution in [2.75, 3.05) is 13.1 Å². The number of thiophene rings is 1. The lowest BCUT2D eigenvalue weighted by Gasteiger charge is -2.71. The molecule has 2 amide bonds. The van der Waals surface area contributed by atoms with Gasteiger partial charge in [0.1, 0.15) is 0 Å². The maximum absolute atomic E-state index is 14.6. The minimum absolute atomic E-state index is 0.00560. The third kappa shape index (κ3) is 4.55. The van der Waals surface area contributed by atoms with Crippen LogP contribution in [-0.4, -0.2) is 57.8 Å². The number of hydrogen-bond donors (Lipinski definition) is 3. The summed E-state index contributed by atoms with van der Waals surface area (Å²) in [5, 5.41) is 29.0. The minimum atomic E-state index is -1.09. The summed E-state index contributed by atoms with van der Waals surface area (Å²) in [5.41, 5.74) is -0.963. The van der Waals surface area contributed by atoms with Crippen LogP contribution < -0.4 is 5.32 Å². The Bertz CT molecular complexity index is 1550. The van der Waals surface area contributed by atoms with Gasteiger partial charge < -0.3 is 20.4 Å². The van der Waals surface area contributed by atoms with E-state index in [-0.39, 0.29) is 53.2 Å². The summed E-state index contributed by atoms with van der Waals surface area (Å²) in [6.45, 7) is 9.41. The molecule has 2 aromatic rings. The highest BCUT2D eigenvalue weighted by Gasteiger charge is 2.74. The zero-order valence-corrected chi connectivity index (χ0v) is 28.6. The van der Waals surface area contributed by atoms with Gasteiger partial charge in [0.2, 0.25) is 0 Å². The van der Waals surface area contributed by atoms with Crippen molar-refractivity contribution in [2.24, 2.45) is 33.5 Å². The number of carbonyl (C=O) groups excluding carboxylic acids is 2. The van der Waals surface area contributed by atoms with Crippen LogP contribution in [0.25, 0.3) is 0 Å². The molecule has 6 aliphatic carbocycles. The Kier molecular flexibility index (Phi) is 7.73. The molecule has 8 atom stereocenters. The van der Waals surface area contributed by atoms with E-state index in [1.807, 2.05) is 55.1 Å². The number of hydrogen-bond acceptors (Lipinski definition) is 5. The standard InChI is InChI=1S/C39H50N2O4S/c1-26(2)40-34(44)41(21-15-29-11-8-22-46-29)25-38(45)18-14-32-36(38,4)17-13-31-35(3)16-12-28(42)23-37(35)19-20-39(31,32)30(24-37)33(43)27-9-6-5-7-10-27/h5-11,19-20,22,24,26,28,31-32,42,45H,12-18,21,23,25H2,1-4H3,(H,40,44). The first-order valence-corrected chi connectivity index (χ1v) is 18.3. The van der Waals surface area contributed by atoms with E-state index in [2.05, 4.69) is 48.8 Å². The van der Waals surface area contributed by atoms with Gasteiger partial charge in [-0.1, -0.05) is 68.5 Å². The van der Waals surface area contributed by atoms with Crippen LogP contribution in [0, 0.1) is 33.5 Å². The van der Waals surface area contributed by atoms with Crippen LogP contribution in [0.15, 0.2) is 71.6 Å². The van der Waals surface area contributed by atoms with Gasteiger partial charge in [-0.05, 0) is 93.9 Å². The molecule has 1 aromatic heterocycles. The Morgan fingerprint density at radius 1 is 0.978 bits per heavy atom. The Morgan fingerprint density at radius 2 is 1.70 bits per heavy atom. The second-order valence-electron chi connectivity index (χ2n) is 15.9. The molecule has 2 bridgehead atoms. The maximum atomic E-state index is 14.6. The van der Waals surface area contributed by atoms with Crippen molar-refractivity contribution in [3.63, 3.8) is 0 Å². The van der Waals surface area contributed by atoms with Crippen molar-refractivity contribution in [2.45, 2.75) is 96.8 Å². The van der Waals surface area contributed by atoms with Gasteiger partial charge in [0, 0.05) is 44.8 Å². The topological polar surface area (TPSA) is 89.9 Å². The lowest BCUT2D eigenvalue weighted by Crippen LogP contribution is -2.67. The number of ketones is 1. The number of fused-ring (bicyclic) bond motifs is 1. The summed E-state index contributed by atoms with van der Waals surface area (Å²) in [4.78, 5) is 31.3. The fourth-order valence-electron chi connectivity index (χ4n) is 10.9. The van der Waals surface area contributed by atoms with E-state index in [1.165, 1.54) is 4.88 Å². The Balaban J connectivity index is 1.29. The third-order valence-electron chi connectivity index (χ3n) is 13.4. The van der Waals surface area contributed by atoms with Crippen molar-refractivity contribution >= 4 is 23.2 Å². The predicted octanol–water partition coefficient (Wildman–Crippen LogP) is 7.18. The van der Waals surface area contributed by atoms with Gasteiger partial charge >= 0.3 is 6.03 Å². The van der Waals surface area contributed by atoms with Crippen molar-refractivity contribution in [3.05, 3.63) is 82.1 Å². The van der Waals surface area contributed by atoms with Crippen LogP contribution in [0.5, 0.6) is 0 Å². The fraction of sp³-hybridized carbons (Fsp3) is 0.590. The van der Waals surface area contributed by atoms with Crippen molar-refractivity contribution in [3.8, 4) is 0 Å². The monoisotopic (exact) mass is 642 g/mol. The molecule has 0 radical (unpaired) electrons. The zero-order valence-electron chi connectivity index (χ0n) is 27.8. The average molecular weight is 643 g/mol. The Labute approximate surface area is 278 Å². The first-order chi connectivity index (χ1) is 21.9. The molecule has 3 N–H and O–H groups in total. The molecule has 0 aliphatic heterocycles. The third-order valence-corrected chi connectivity index (χ3v) is 14.3. The number of urea groups is 1. The van der Waals surface area contributed by atoms with E-state index in [9.17, 15) is 19.8 Å². The smallest absolute Gasteiger partial charge is 0.317 e. The number of aliphatic hydroxyl groups excluding tert-OH is 1. The van der Waals surface area contributed by atoms with Crippen molar-refractivity contribution in [1.82, 2.24) is 10.2 Å². The molecule has 246 valence electrons. The number of allylic oxidation sites excluding steroid dienone is 4. The number of rotatable bonds is 8. The summed E-state index contributed by atoms with van der Waals surface area (Å²) in [6, 6.07) is 13.6. The van der Waals surface area contributed by atoms with Gasteiger partial charge in [0.15, 0.2) is 5.78 Å². The number of aliphatic hydroxyl groups is 2. The number of amides is 2. The van der Waals surface area contributed by atoms with Gasteiger partial charge in [0.25, 0.3) is 0 Å². The van der Waals surface area contributed by atoms with Gasteiger partial charge in [-0.3, -0.25) is 4.79 Å². The summed E-state index contributed by atoms with van der Waals surface area (Å²) in [5.74, 6) is 0.364. The molecular formula is C39H50N2O4S. The van der Waals surface area contributed by atoms with Crippen LogP contribution in [0.2, 0.25) is 0 Å². The van der Waals surface area contributed by atoms with E-state index in [4.69, 9.17) is 0 Å². The molecule has 1 aromatic carbocycles. The number of carbonyl (C=O) groups is 2. The number of benzene rings is 1. The second kappa shape index (κ2) is 11.2. The Hall–Kier alpha value is -2.74. The van der Waals surface area contributed by atoms with Crippen LogP contribution >= 0.6 is 11.3 Å². The van der Waals surface area contributed by atoms with E-state index < -0.39 is 16.4 Å². The van der Waals surface area contributed by atoms with Gasteiger partial charge in [-0.15, -0.1) is 11.3 Å². The molecule has 8 unspecified atom stereocenters. The summed E-state index contributed by atoms with van der Waals surface area (Å²) < 4.78 is 0. The molecule has 0 saturated heterocycles. The Morgan fingerprint density at radius 3 is 2.41 bits per heavy atom. The first kappa shape index (κ1) is 31.8. The molecule has 46 heavy (non-hydrogen) atoms. The molecule has 3 saturated carbocycles. The quantitative estimate of drug-likeness (QED) is 0.210. The van der Waals surface area contributed by atoms with Gasteiger partial charge in [-0.25, -0.2) is 4.79 Å². The highest BCUT2D eigenvalue weighted by atomic mass is 32.1. The highest BCUT2D eigenvalue weighted by molar-refractivity contribution is 7.09. The van der Waals surface area contributed by atoms with E-state index >= 15 is 0 Å². The van der Waals surface area contributed by atoms with Gasteiger partial charge in [0.05, 0.1) is 18.2 Å². The predicted molar refractivity (Wildman–Crippen MR) is 183 cm³/mol. The lowest BCUT2D eigenvalue weighted by molar-refractivity contribution is -0.174. The van der Waals surface area contributed by atoms with E-state index in [0.717, 1.165) is 44.1 Å². The number of Topliss-reactive ketones (excluding diaryl/α,β-unsaturated/α-hetero) is 1. The molecule has 7 heteroatoms. The second-order valence-corrected chi connectivity index (χ2v) is 16.9. The summed E-state index contributed by atoms with van der Waals surface area (Å²) >= 11 is 1.70. The maximum Gasteiger partial charge on any atom is 0.317 e. The largest absolute Gasteiger partial charge is 0.393 e. The molecule has 8 rings (SSSR count). The van der Waals surface area contributed by atoms with Crippen molar-refractivity contribution < 1.29 is 19.8 Å². The van der Waals surface area contributed by atoms with Crippen LogP contribution in [0.1, 0.15) is 87.9 Å². The average Bonchev–Trinajstić information content (AvgIpc) is 3.64. The zero-order chi connectivity index (χ0) is 32.5. The lowest BCUT2D eigenvalue weighted by atomic mass is 9.32. The molecule has 6 nitrogen and oxygen atoms in total. The summed E-state index contributed by atoms with van der Waals surface area (Å²) in [7, 11) is 0. The molecule has 2 spiro atoms. The van der Waals surface area contributed by atoms with E-state index in [1.54, 1.807) is 11.3 Å².